The number of esters is 4. The first-order valence-corrected chi connectivity index (χ1v) is 35.7. The molecule has 82 heavy (non-hydrogen) atoms. The Balaban J connectivity index is 5.26. The average molecular weight is 1210 g/mol. The molecule has 19 heteroatoms. The van der Waals surface area contributed by atoms with Gasteiger partial charge in [0.15, 0.2) is 12.2 Å². The molecule has 0 saturated carbocycles. The van der Waals surface area contributed by atoms with Crippen molar-refractivity contribution in [2.75, 3.05) is 39.6 Å². The second-order valence-corrected chi connectivity index (χ2v) is 27.4. The summed E-state index contributed by atoms with van der Waals surface area (Å²) in [7, 11) is -9.89. The summed E-state index contributed by atoms with van der Waals surface area (Å²) < 4.78 is 67.9. The summed E-state index contributed by atoms with van der Waals surface area (Å²) in [5, 5.41) is 10.5. The maximum atomic E-state index is 13.0. The smallest absolute Gasteiger partial charge is 0.462 e. The van der Waals surface area contributed by atoms with Gasteiger partial charge in [-0.1, -0.05) is 248 Å². The Morgan fingerprint density at radius 3 is 0.866 bits per heavy atom. The summed E-state index contributed by atoms with van der Waals surface area (Å²) >= 11 is 0. The van der Waals surface area contributed by atoms with Crippen LogP contribution in [0.15, 0.2) is 0 Å². The molecule has 0 spiro atoms. The van der Waals surface area contributed by atoms with Gasteiger partial charge in [0.25, 0.3) is 0 Å². The number of phosphoric acid groups is 2. The van der Waals surface area contributed by atoms with Crippen molar-refractivity contribution < 1.29 is 80.2 Å². The van der Waals surface area contributed by atoms with Gasteiger partial charge in [-0.15, -0.1) is 0 Å². The van der Waals surface area contributed by atoms with Crippen molar-refractivity contribution in [3.8, 4) is 0 Å². The van der Waals surface area contributed by atoms with E-state index in [0.29, 0.717) is 37.5 Å². The summed E-state index contributed by atoms with van der Waals surface area (Å²) in [5.41, 5.74) is 0. The molecule has 4 unspecified atom stereocenters. The second-order valence-electron chi connectivity index (χ2n) is 24.5. The first kappa shape index (κ1) is 80.1. The van der Waals surface area contributed by atoms with Gasteiger partial charge in [-0.3, -0.25) is 37.3 Å². The lowest BCUT2D eigenvalue weighted by molar-refractivity contribution is -0.161. The van der Waals surface area contributed by atoms with Gasteiger partial charge in [0, 0.05) is 25.7 Å². The molecule has 486 valence electrons. The topological polar surface area (TPSA) is 237 Å². The Morgan fingerprint density at radius 1 is 0.341 bits per heavy atom. The lowest BCUT2D eigenvalue weighted by atomic mass is 9.99. The first-order chi connectivity index (χ1) is 39.1. The number of unbranched alkanes of at least 4 members (excludes halogenated alkanes) is 25. The van der Waals surface area contributed by atoms with Gasteiger partial charge >= 0.3 is 39.5 Å². The highest BCUT2D eigenvalue weighted by molar-refractivity contribution is 7.47. The zero-order valence-corrected chi connectivity index (χ0v) is 54.9. The molecular formula is C63H122O17P2. The molecule has 0 aromatic rings. The van der Waals surface area contributed by atoms with E-state index >= 15 is 0 Å². The zero-order valence-electron chi connectivity index (χ0n) is 53.1. The third-order valence-electron chi connectivity index (χ3n) is 14.7. The molecule has 3 N–H and O–H groups in total. The van der Waals surface area contributed by atoms with Gasteiger partial charge in [-0.25, -0.2) is 9.13 Å². The fourth-order valence-electron chi connectivity index (χ4n) is 9.22. The number of phosphoric ester groups is 2. The number of ether oxygens (including phenoxy) is 4. The number of hydrogen-bond donors (Lipinski definition) is 3. The Morgan fingerprint density at radius 2 is 0.585 bits per heavy atom. The molecule has 0 aromatic heterocycles. The van der Waals surface area contributed by atoms with Crippen LogP contribution in [0.5, 0.6) is 0 Å². The Hall–Kier alpha value is -1.94. The average Bonchev–Trinajstić information content (AvgIpc) is 3.45. The van der Waals surface area contributed by atoms with Crippen molar-refractivity contribution >= 4 is 39.5 Å². The fraction of sp³-hybridized carbons (Fsp3) is 0.937. The Bertz CT molecular complexity index is 1650. The minimum atomic E-state index is -4.94. The van der Waals surface area contributed by atoms with Gasteiger partial charge in [-0.05, 0) is 49.4 Å². The Labute approximate surface area is 498 Å². The number of aliphatic hydroxyl groups excluding tert-OH is 1. The van der Waals surface area contributed by atoms with Gasteiger partial charge in [0.1, 0.15) is 19.3 Å². The highest BCUT2D eigenvalue weighted by Gasteiger charge is 2.30. The van der Waals surface area contributed by atoms with E-state index in [2.05, 4.69) is 55.4 Å². The molecule has 0 rings (SSSR count). The van der Waals surface area contributed by atoms with E-state index in [1.165, 1.54) is 89.9 Å². The van der Waals surface area contributed by atoms with E-state index in [1.54, 1.807) is 0 Å². The summed E-state index contributed by atoms with van der Waals surface area (Å²) in [6.45, 7) is 13.9. The van der Waals surface area contributed by atoms with Crippen molar-refractivity contribution in [1.29, 1.82) is 0 Å². The van der Waals surface area contributed by atoms with Crippen LogP contribution in [0.25, 0.3) is 0 Å². The molecule has 0 aliphatic rings. The van der Waals surface area contributed by atoms with Crippen LogP contribution in [0.4, 0.5) is 0 Å². The van der Waals surface area contributed by atoms with Gasteiger partial charge in [0.05, 0.1) is 26.4 Å². The van der Waals surface area contributed by atoms with Gasteiger partial charge in [0.2, 0.25) is 0 Å². The molecule has 0 fully saturated rings. The highest BCUT2D eigenvalue weighted by Crippen LogP contribution is 2.45. The van der Waals surface area contributed by atoms with Crippen LogP contribution in [0, 0.1) is 23.7 Å². The molecule has 0 aliphatic carbocycles. The maximum absolute atomic E-state index is 13.0. The van der Waals surface area contributed by atoms with Crippen LogP contribution in [0.3, 0.4) is 0 Å². The monoisotopic (exact) mass is 1210 g/mol. The molecular weight excluding hydrogens is 1090 g/mol. The third kappa shape index (κ3) is 55.9. The molecule has 6 atom stereocenters. The molecule has 17 nitrogen and oxygen atoms in total. The molecule has 0 amide bonds. The van der Waals surface area contributed by atoms with Crippen molar-refractivity contribution in [3.05, 3.63) is 0 Å². The molecule has 0 saturated heterocycles. The maximum Gasteiger partial charge on any atom is 0.472 e. The van der Waals surface area contributed by atoms with E-state index in [0.717, 1.165) is 115 Å². The number of hydrogen-bond acceptors (Lipinski definition) is 15. The van der Waals surface area contributed by atoms with Crippen molar-refractivity contribution in [1.82, 2.24) is 0 Å². The van der Waals surface area contributed by atoms with Crippen LogP contribution in [0.1, 0.15) is 299 Å². The van der Waals surface area contributed by atoms with Crippen LogP contribution in [-0.4, -0.2) is 96.7 Å². The molecule has 0 radical (unpaired) electrons. The van der Waals surface area contributed by atoms with Crippen LogP contribution in [-0.2, 0) is 65.4 Å². The van der Waals surface area contributed by atoms with E-state index in [9.17, 15) is 43.2 Å². The Kier molecular flexibility index (Phi) is 52.0. The second kappa shape index (κ2) is 53.3. The van der Waals surface area contributed by atoms with Crippen LogP contribution >= 0.6 is 15.6 Å². The number of carbonyl (C=O) groups excluding carboxylic acids is 4. The van der Waals surface area contributed by atoms with E-state index in [1.807, 2.05) is 0 Å². The molecule has 0 aromatic carbocycles. The summed E-state index contributed by atoms with van der Waals surface area (Å²) in [4.78, 5) is 72.1. The van der Waals surface area contributed by atoms with Crippen LogP contribution in [0.2, 0.25) is 0 Å². The standard InChI is InChI=1S/C63H122O17P2/c1-9-56(8)42-34-26-17-11-13-19-30-38-46-63(68)80-59(50-74-61(66)44-36-28-22-21-25-33-41-55(6)7)52-78-82(71,72)76-48-57(64)47-75-81(69,70)77-51-58(49-73-60(65)43-35-27-20-14-16-24-32-40-54(4)5)79-62(67)45-37-29-18-12-10-15-23-31-39-53(2)3/h53-59,64H,9-52H2,1-8H3,(H,69,70)(H,71,72)/t56?,57?,58-,59-/m1/s1. The van der Waals surface area contributed by atoms with Crippen molar-refractivity contribution in [3.63, 3.8) is 0 Å². The SMILES string of the molecule is CCC(C)CCCCCCCCCCC(=O)O[C@H](COC(=O)CCCCCCCCC(C)C)COP(=O)(O)OCC(O)COP(=O)(O)OC[C@@H](COC(=O)CCCCCCCCCC(C)C)OC(=O)CCCCCCCCCCC(C)C. The molecule has 0 heterocycles. The van der Waals surface area contributed by atoms with E-state index in [-0.39, 0.29) is 25.7 Å². The first-order valence-electron chi connectivity index (χ1n) is 32.7. The largest absolute Gasteiger partial charge is 0.472 e. The predicted molar refractivity (Wildman–Crippen MR) is 326 cm³/mol. The quantitative estimate of drug-likeness (QED) is 0.0222. The van der Waals surface area contributed by atoms with E-state index < -0.39 is 97.5 Å². The molecule has 0 aliphatic heterocycles. The van der Waals surface area contributed by atoms with Crippen molar-refractivity contribution in [2.45, 2.75) is 318 Å². The van der Waals surface area contributed by atoms with Crippen LogP contribution < -0.4 is 0 Å². The highest BCUT2D eigenvalue weighted by atomic mass is 31.2. The fourth-order valence-corrected chi connectivity index (χ4v) is 10.8. The van der Waals surface area contributed by atoms with Gasteiger partial charge in [-0.2, -0.15) is 0 Å². The lowest BCUT2D eigenvalue weighted by Gasteiger charge is -2.21. The zero-order chi connectivity index (χ0) is 61.1. The summed E-state index contributed by atoms with van der Waals surface area (Å²) in [5.74, 6) is 0.728. The third-order valence-corrected chi connectivity index (χ3v) is 16.6. The predicted octanol–water partition coefficient (Wildman–Crippen LogP) is 17.0. The lowest BCUT2D eigenvalue weighted by Crippen LogP contribution is -2.30. The molecule has 0 bridgehead atoms. The normalized spacial score (nSPS) is 14.8. The van der Waals surface area contributed by atoms with Crippen molar-refractivity contribution in [2.24, 2.45) is 23.7 Å². The minimum absolute atomic E-state index is 0.103. The number of aliphatic hydroxyl groups is 1. The minimum Gasteiger partial charge on any atom is -0.462 e. The number of carbonyl (C=O) groups is 4. The number of rotatable bonds is 60. The summed E-state index contributed by atoms with van der Waals surface area (Å²) in [6.07, 6.45) is 32.3. The summed E-state index contributed by atoms with van der Waals surface area (Å²) in [6, 6.07) is 0. The van der Waals surface area contributed by atoms with Gasteiger partial charge < -0.3 is 33.8 Å². The van der Waals surface area contributed by atoms with E-state index in [4.69, 9.17) is 37.0 Å².